The van der Waals surface area contributed by atoms with Gasteiger partial charge in [-0.05, 0) is 30.7 Å². The minimum absolute atomic E-state index is 0.718. The normalized spacial score (nSPS) is 10.0. The summed E-state index contributed by atoms with van der Waals surface area (Å²) < 4.78 is 0. The van der Waals surface area contributed by atoms with E-state index in [-0.39, 0.29) is 0 Å². The van der Waals surface area contributed by atoms with Crippen LogP contribution in [0, 0.1) is 0 Å². The molecule has 0 aliphatic heterocycles. The van der Waals surface area contributed by atoms with E-state index in [2.05, 4.69) is 24.3 Å². The third-order valence-corrected chi connectivity index (χ3v) is 3.08. The third kappa shape index (κ3) is 5.07. The summed E-state index contributed by atoms with van der Waals surface area (Å²) in [4.78, 5) is 11.4. The van der Waals surface area contributed by atoms with E-state index < -0.39 is 0 Å². The highest BCUT2D eigenvalue weighted by atomic mass is 32.2. The van der Waals surface area contributed by atoms with Crippen molar-refractivity contribution in [1.29, 1.82) is 0 Å². The van der Waals surface area contributed by atoms with Gasteiger partial charge in [0.1, 0.15) is 6.29 Å². The van der Waals surface area contributed by atoms with E-state index >= 15 is 0 Å². The maximum absolute atomic E-state index is 10.1. The van der Waals surface area contributed by atoms with Gasteiger partial charge < -0.3 is 4.79 Å². The van der Waals surface area contributed by atoms with Crippen molar-refractivity contribution in [3.05, 3.63) is 30.3 Å². The van der Waals surface area contributed by atoms with Crippen LogP contribution in [-0.4, -0.2) is 12.0 Å². The molecular formula is C12H16OS. The Morgan fingerprint density at radius 2 is 1.86 bits per heavy atom. The van der Waals surface area contributed by atoms with Gasteiger partial charge in [0, 0.05) is 11.3 Å². The molecule has 0 radical (unpaired) electrons. The molecule has 14 heavy (non-hydrogen) atoms. The number of thioether (sulfide) groups is 1. The molecule has 0 amide bonds. The average Bonchev–Trinajstić information content (AvgIpc) is 2.25. The summed E-state index contributed by atoms with van der Waals surface area (Å²) in [5, 5.41) is 0. The largest absolute Gasteiger partial charge is 0.303 e. The molecule has 0 N–H and O–H groups in total. The minimum Gasteiger partial charge on any atom is -0.303 e. The Hall–Kier alpha value is -0.760. The third-order valence-electron chi connectivity index (χ3n) is 1.98. The predicted octanol–water partition coefficient (Wildman–Crippen LogP) is 3.54. The van der Waals surface area contributed by atoms with Gasteiger partial charge in [-0.25, -0.2) is 0 Å². The summed E-state index contributed by atoms with van der Waals surface area (Å²) in [7, 11) is 0. The van der Waals surface area contributed by atoms with Gasteiger partial charge >= 0.3 is 0 Å². The average molecular weight is 208 g/mol. The minimum atomic E-state index is 0.718. The van der Waals surface area contributed by atoms with Crippen molar-refractivity contribution in [2.45, 2.75) is 30.6 Å². The first-order valence-corrected chi connectivity index (χ1v) is 6.03. The van der Waals surface area contributed by atoms with Gasteiger partial charge in [-0.2, -0.15) is 0 Å². The zero-order chi connectivity index (χ0) is 10.1. The standard InChI is InChI=1S/C12H16OS/c13-10-6-1-2-7-11-14-12-8-4-3-5-9-12/h3-5,8-10H,1-2,6-7,11H2. The van der Waals surface area contributed by atoms with Crippen molar-refractivity contribution in [1.82, 2.24) is 0 Å². The van der Waals surface area contributed by atoms with Crippen LogP contribution in [0.2, 0.25) is 0 Å². The summed E-state index contributed by atoms with van der Waals surface area (Å²) in [6.07, 6.45) is 5.13. The maximum Gasteiger partial charge on any atom is 0.119 e. The van der Waals surface area contributed by atoms with Crippen LogP contribution in [0.25, 0.3) is 0 Å². The fourth-order valence-corrected chi connectivity index (χ4v) is 2.15. The van der Waals surface area contributed by atoms with Gasteiger partial charge in [-0.15, -0.1) is 11.8 Å². The Morgan fingerprint density at radius 3 is 2.57 bits per heavy atom. The van der Waals surface area contributed by atoms with Crippen molar-refractivity contribution in [2.75, 3.05) is 5.75 Å². The number of hydrogen-bond donors (Lipinski definition) is 0. The molecule has 1 aromatic carbocycles. The second kappa shape index (κ2) is 7.63. The zero-order valence-electron chi connectivity index (χ0n) is 8.32. The van der Waals surface area contributed by atoms with Crippen LogP contribution in [0.1, 0.15) is 25.7 Å². The molecule has 0 saturated carbocycles. The zero-order valence-corrected chi connectivity index (χ0v) is 9.13. The number of hydrogen-bond acceptors (Lipinski definition) is 2. The predicted molar refractivity (Wildman–Crippen MR) is 61.7 cm³/mol. The van der Waals surface area contributed by atoms with Crippen molar-refractivity contribution in [3.8, 4) is 0 Å². The van der Waals surface area contributed by atoms with Gasteiger partial charge in [0.2, 0.25) is 0 Å². The van der Waals surface area contributed by atoms with E-state index in [1.807, 2.05) is 17.8 Å². The van der Waals surface area contributed by atoms with E-state index in [4.69, 9.17) is 0 Å². The van der Waals surface area contributed by atoms with E-state index in [1.165, 1.54) is 17.7 Å². The highest BCUT2D eigenvalue weighted by Crippen LogP contribution is 2.18. The van der Waals surface area contributed by atoms with Crippen LogP contribution in [-0.2, 0) is 4.79 Å². The Morgan fingerprint density at radius 1 is 1.07 bits per heavy atom. The molecule has 1 nitrogen and oxygen atoms in total. The van der Waals surface area contributed by atoms with Crippen LogP contribution in [0.4, 0.5) is 0 Å². The first kappa shape index (κ1) is 11.3. The summed E-state index contributed by atoms with van der Waals surface area (Å²) in [5.74, 6) is 1.16. The summed E-state index contributed by atoms with van der Waals surface area (Å²) in [6.45, 7) is 0. The molecule has 76 valence electrons. The first-order valence-electron chi connectivity index (χ1n) is 5.05. The van der Waals surface area contributed by atoms with Crippen LogP contribution in [0.3, 0.4) is 0 Å². The highest BCUT2D eigenvalue weighted by molar-refractivity contribution is 7.99. The van der Waals surface area contributed by atoms with Gasteiger partial charge in [-0.1, -0.05) is 24.6 Å². The van der Waals surface area contributed by atoms with Gasteiger partial charge in [0.15, 0.2) is 0 Å². The molecule has 0 heterocycles. The van der Waals surface area contributed by atoms with E-state index in [9.17, 15) is 4.79 Å². The molecule has 0 spiro atoms. The highest BCUT2D eigenvalue weighted by Gasteiger charge is 1.92. The van der Waals surface area contributed by atoms with E-state index in [0.29, 0.717) is 0 Å². The molecule has 0 aromatic heterocycles. The lowest BCUT2D eigenvalue weighted by Crippen LogP contribution is -1.82. The van der Waals surface area contributed by atoms with Gasteiger partial charge in [0.05, 0.1) is 0 Å². The lowest BCUT2D eigenvalue weighted by molar-refractivity contribution is -0.107. The topological polar surface area (TPSA) is 17.1 Å². The maximum atomic E-state index is 10.1. The Balaban J connectivity index is 2.02. The molecule has 0 fully saturated rings. The van der Waals surface area contributed by atoms with Crippen molar-refractivity contribution >= 4 is 18.0 Å². The first-order chi connectivity index (χ1) is 6.93. The Kier molecular flexibility index (Phi) is 6.16. The number of benzene rings is 1. The monoisotopic (exact) mass is 208 g/mol. The number of aldehydes is 1. The second-order valence-corrected chi connectivity index (χ2v) is 4.35. The van der Waals surface area contributed by atoms with Crippen LogP contribution in [0.15, 0.2) is 35.2 Å². The van der Waals surface area contributed by atoms with Gasteiger partial charge in [0.25, 0.3) is 0 Å². The number of rotatable bonds is 7. The quantitative estimate of drug-likeness (QED) is 0.387. The van der Waals surface area contributed by atoms with Gasteiger partial charge in [-0.3, -0.25) is 0 Å². The van der Waals surface area contributed by atoms with Crippen molar-refractivity contribution in [3.63, 3.8) is 0 Å². The molecule has 0 atom stereocenters. The lowest BCUT2D eigenvalue weighted by atomic mass is 10.2. The van der Waals surface area contributed by atoms with E-state index in [0.717, 1.165) is 24.9 Å². The smallest absolute Gasteiger partial charge is 0.119 e. The number of carbonyl (C=O) groups is 1. The van der Waals surface area contributed by atoms with Crippen LogP contribution >= 0.6 is 11.8 Å². The van der Waals surface area contributed by atoms with Crippen molar-refractivity contribution < 1.29 is 4.79 Å². The molecule has 2 heteroatoms. The van der Waals surface area contributed by atoms with Crippen LogP contribution in [0.5, 0.6) is 0 Å². The summed E-state index contributed by atoms with van der Waals surface area (Å²) in [6, 6.07) is 10.4. The fourth-order valence-electron chi connectivity index (χ4n) is 1.21. The second-order valence-electron chi connectivity index (χ2n) is 3.18. The molecule has 0 unspecified atom stereocenters. The molecule has 0 aliphatic rings. The Bertz CT molecular complexity index is 246. The molecule has 1 rings (SSSR count). The molecular weight excluding hydrogens is 192 g/mol. The number of unbranched alkanes of at least 4 members (excludes halogenated alkanes) is 3. The fraction of sp³-hybridized carbons (Fsp3) is 0.417. The van der Waals surface area contributed by atoms with Crippen LogP contribution < -0.4 is 0 Å². The van der Waals surface area contributed by atoms with Crippen molar-refractivity contribution in [2.24, 2.45) is 0 Å². The SMILES string of the molecule is O=CCCCCCSc1ccccc1. The Labute approximate surface area is 89.9 Å². The molecule has 0 aliphatic carbocycles. The summed E-state index contributed by atoms with van der Waals surface area (Å²) >= 11 is 1.89. The molecule has 0 saturated heterocycles. The molecule has 1 aromatic rings. The summed E-state index contributed by atoms with van der Waals surface area (Å²) in [5.41, 5.74) is 0. The lowest BCUT2D eigenvalue weighted by Gasteiger charge is -2.00. The molecule has 0 bridgehead atoms. The van der Waals surface area contributed by atoms with E-state index in [1.54, 1.807) is 0 Å². The number of carbonyl (C=O) groups excluding carboxylic acids is 1.